The summed E-state index contributed by atoms with van der Waals surface area (Å²) in [7, 11) is 0. The number of hydrogen-bond acceptors (Lipinski definition) is 5. The number of nitrogens with zero attached hydrogens (tertiary/aromatic N) is 4. The Morgan fingerprint density at radius 1 is 1.03 bits per heavy atom. The van der Waals surface area contributed by atoms with Gasteiger partial charge in [-0.05, 0) is 54.9 Å². The largest absolute Gasteiger partial charge is 0.375 e. The van der Waals surface area contributed by atoms with Crippen molar-refractivity contribution in [2.75, 3.05) is 49.1 Å². The summed E-state index contributed by atoms with van der Waals surface area (Å²) in [6.07, 6.45) is 4.26. The fraction of sp³-hybridized carbons (Fsp3) is 0.391. The van der Waals surface area contributed by atoms with Crippen LogP contribution in [0.2, 0.25) is 5.02 Å². The van der Waals surface area contributed by atoms with E-state index in [0.717, 1.165) is 56.4 Å². The van der Waals surface area contributed by atoms with E-state index in [1.807, 2.05) is 12.1 Å². The minimum Gasteiger partial charge on any atom is -0.375 e. The third-order valence-electron chi connectivity index (χ3n) is 5.93. The molecule has 31 heavy (non-hydrogen) atoms. The zero-order valence-corrected chi connectivity index (χ0v) is 19.2. The van der Waals surface area contributed by atoms with Gasteiger partial charge in [0.25, 0.3) is 0 Å². The number of piperazine rings is 1. The molecule has 0 aromatic heterocycles. The van der Waals surface area contributed by atoms with Crippen LogP contribution >= 0.6 is 23.8 Å². The van der Waals surface area contributed by atoms with Crippen LogP contribution in [0.3, 0.4) is 0 Å². The molecule has 0 saturated carbocycles. The Morgan fingerprint density at radius 3 is 2.48 bits per heavy atom. The van der Waals surface area contributed by atoms with Gasteiger partial charge in [0.15, 0.2) is 5.11 Å². The first-order chi connectivity index (χ1) is 15.1. The van der Waals surface area contributed by atoms with Crippen molar-refractivity contribution in [1.29, 1.82) is 0 Å². The minimum absolute atomic E-state index is 0.172. The van der Waals surface area contributed by atoms with Gasteiger partial charge in [0.05, 0.1) is 6.21 Å². The summed E-state index contributed by atoms with van der Waals surface area (Å²) in [6, 6.07) is 14.7. The van der Waals surface area contributed by atoms with Crippen molar-refractivity contribution in [2.24, 2.45) is 10.8 Å². The molecule has 0 bridgehead atoms. The summed E-state index contributed by atoms with van der Waals surface area (Å²) in [5.41, 5.74) is 12.9. The van der Waals surface area contributed by atoms with E-state index in [4.69, 9.17) is 29.6 Å². The Hall–Kier alpha value is -2.35. The first-order valence-electron chi connectivity index (χ1n) is 10.8. The summed E-state index contributed by atoms with van der Waals surface area (Å²) >= 11 is 11.2. The summed E-state index contributed by atoms with van der Waals surface area (Å²) < 4.78 is 0. The van der Waals surface area contributed by atoms with Crippen molar-refractivity contribution in [3.05, 3.63) is 58.6 Å². The molecular weight excluding hydrogens is 428 g/mol. The second kappa shape index (κ2) is 10.3. The van der Waals surface area contributed by atoms with Gasteiger partial charge in [0.2, 0.25) is 0 Å². The Morgan fingerprint density at radius 2 is 1.77 bits per heavy atom. The molecule has 164 valence electrons. The summed E-state index contributed by atoms with van der Waals surface area (Å²) in [6.45, 7) is 7.10. The van der Waals surface area contributed by atoms with Crippen LogP contribution in [-0.2, 0) is 6.54 Å². The van der Waals surface area contributed by atoms with E-state index in [1.165, 1.54) is 29.8 Å². The van der Waals surface area contributed by atoms with Gasteiger partial charge in [-0.3, -0.25) is 10.3 Å². The van der Waals surface area contributed by atoms with E-state index < -0.39 is 0 Å². The molecule has 0 radical (unpaired) electrons. The highest BCUT2D eigenvalue weighted by Crippen LogP contribution is 2.29. The standard InChI is InChI=1S/C23H29ClN6S/c24-21-6-2-1-5-19(21)17-28-11-13-29(14-12-28)20-8-7-18(16-26-27-23(25)31)22(15-20)30-9-3-4-10-30/h1-2,5-8,15-16H,3-4,9-14,17H2,(H3,25,27,31)/b26-16+. The number of hydrogen-bond donors (Lipinski definition) is 2. The van der Waals surface area contributed by atoms with Gasteiger partial charge in [0.1, 0.15) is 0 Å². The number of rotatable bonds is 6. The van der Waals surface area contributed by atoms with Crippen molar-refractivity contribution in [2.45, 2.75) is 19.4 Å². The number of hydrazone groups is 1. The lowest BCUT2D eigenvalue weighted by atomic mass is 10.1. The third-order valence-corrected chi connectivity index (χ3v) is 6.39. The van der Waals surface area contributed by atoms with Crippen molar-refractivity contribution < 1.29 is 0 Å². The molecule has 2 aromatic carbocycles. The predicted molar refractivity (Wildman–Crippen MR) is 134 cm³/mol. The molecule has 3 N–H and O–H groups in total. The molecule has 2 heterocycles. The van der Waals surface area contributed by atoms with Crippen LogP contribution in [0.5, 0.6) is 0 Å². The van der Waals surface area contributed by atoms with Gasteiger partial charge in [-0.2, -0.15) is 5.10 Å². The fourth-order valence-corrected chi connectivity index (χ4v) is 4.52. The average molecular weight is 457 g/mol. The van der Waals surface area contributed by atoms with Crippen LogP contribution in [-0.4, -0.2) is 55.5 Å². The normalized spacial score (nSPS) is 17.5. The molecule has 4 rings (SSSR count). The van der Waals surface area contributed by atoms with E-state index in [9.17, 15) is 0 Å². The second-order valence-electron chi connectivity index (χ2n) is 8.03. The van der Waals surface area contributed by atoms with Crippen molar-refractivity contribution in [3.8, 4) is 0 Å². The van der Waals surface area contributed by atoms with Gasteiger partial charge < -0.3 is 15.5 Å². The zero-order valence-electron chi connectivity index (χ0n) is 17.6. The first-order valence-corrected chi connectivity index (χ1v) is 11.6. The molecule has 2 aromatic rings. The second-order valence-corrected chi connectivity index (χ2v) is 8.87. The quantitative estimate of drug-likeness (QED) is 0.394. The van der Waals surface area contributed by atoms with Crippen molar-refractivity contribution in [1.82, 2.24) is 10.3 Å². The Kier molecular flexibility index (Phi) is 7.27. The molecule has 2 saturated heterocycles. The Balaban J connectivity index is 1.44. The van der Waals surface area contributed by atoms with E-state index in [2.05, 4.69) is 55.6 Å². The summed E-state index contributed by atoms with van der Waals surface area (Å²) in [5, 5.41) is 5.19. The highest BCUT2D eigenvalue weighted by atomic mass is 35.5. The smallest absolute Gasteiger partial charge is 0.184 e. The Labute approximate surface area is 194 Å². The molecule has 0 amide bonds. The zero-order chi connectivity index (χ0) is 21.6. The summed E-state index contributed by atoms with van der Waals surface area (Å²) in [4.78, 5) is 7.39. The van der Waals surface area contributed by atoms with Gasteiger partial charge >= 0.3 is 0 Å². The topological polar surface area (TPSA) is 60.1 Å². The average Bonchev–Trinajstić information content (AvgIpc) is 3.31. The minimum atomic E-state index is 0.172. The number of nitrogens with one attached hydrogen (secondary N) is 1. The van der Waals surface area contributed by atoms with Crippen molar-refractivity contribution >= 4 is 46.5 Å². The van der Waals surface area contributed by atoms with E-state index in [-0.39, 0.29) is 5.11 Å². The predicted octanol–water partition coefficient (Wildman–Crippen LogP) is 3.43. The monoisotopic (exact) mass is 456 g/mol. The lowest BCUT2D eigenvalue weighted by Crippen LogP contribution is -2.46. The van der Waals surface area contributed by atoms with Gasteiger partial charge in [-0.25, -0.2) is 0 Å². The maximum absolute atomic E-state index is 6.35. The van der Waals surface area contributed by atoms with E-state index >= 15 is 0 Å². The Bertz CT molecular complexity index is 935. The van der Waals surface area contributed by atoms with Crippen LogP contribution in [0, 0.1) is 0 Å². The van der Waals surface area contributed by atoms with Crippen LogP contribution in [0.25, 0.3) is 0 Å². The van der Waals surface area contributed by atoms with Crippen LogP contribution in [0.4, 0.5) is 11.4 Å². The van der Waals surface area contributed by atoms with Crippen LogP contribution in [0.15, 0.2) is 47.6 Å². The van der Waals surface area contributed by atoms with E-state index in [0.29, 0.717) is 0 Å². The van der Waals surface area contributed by atoms with E-state index in [1.54, 1.807) is 6.21 Å². The summed E-state index contributed by atoms with van der Waals surface area (Å²) in [5.74, 6) is 0. The lowest BCUT2D eigenvalue weighted by Gasteiger charge is -2.36. The molecular formula is C23H29ClN6S. The lowest BCUT2D eigenvalue weighted by molar-refractivity contribution is 0.250. The third kappa shape index (κ3) is 5.67. The molecule has 0 unspecified atom stereocenters. The molecule has 0 spiro atoms. The number of benzene rings is 2. The number of nitrogens with two attached hydrogens (primary N) is 1. The molecule has 8 heteroatoms. The molecule has 0 atom stereocenters. The SMILES string of the molecule is NC(=S)N/N=C/c1ccc(N2CCN(Cc3ccccc3Cl)CC2)cc1N1CCCC1. The van der Waals surface area contributed by atoms with Crippen LogP contribution < -0.4 is 21.0 Å². The molecule has 2 fully saturated rings. The first kappa shape index (κ1) is 21.9. The van der Waals surface area contributed by atoms with Crippen LogP contribution in [0.1, 0.15) is 24.0 Å². The maximum atomic E-state index is 6.35. The molecule has 2 aliphatic heterocycles. The highest BCUT2D eigenvalue weighted by Gasteiger charge is 2.21. The fourth-order valence-electron chi connectivity index (χ4n) is 4.27. The number of thiocarbonyl (C=S) groups is 1. The van der Waals surface area contributed by atoms with Gasteiger partial charge in [-0.1, -0.05) is 29.8 Å². The van der Waals surface area contributed by atoms with Gasteiger partial charge in [-0.15, -0.1) is 0 Å². The number of anilines is 2. The highest BCUT2D eigenvalue weighted by molar-refractivity contribution is 7.80. The van der Waals surface area contributed by atoms with Gasteiger partial charge in [0, 0.05) is 67.8 Å². The molecule has 2 aliphatic rings. The molecule has 0 aliphatic carbocycles. The molecule has 6 nitrogen and oxygen atoms in total. The van der Waals surface area contributed by atoms with Crippen molar-refractivity contribution in [3.63, 3.8) is 0 Å². The number of halogens is 1. The maximum Gasteiger partial charge on any atom is 0.184 e.